The van der Waals surface area contributed by atoms with Gasteiger partial charge in [0, 0.05) is 49.4 Å². The van der Waals surface area contributed by atoms with Gasteiger partial charge in [-0.25, -0.2) is 9.37 Å². The molecule has 0 unspecified atom stereocenters. The molecular formula is C30H30ClFN6O2. The first-order valence-electron chi connectivity index (χ1n) is 12.9. The van der Waals surface area contributed by atoms with Crippen molar-refractivity contribution >= 4 is 40.5 Å². The monoisotopic (exact) mass is 560 g/mol. The molecule has 0 atom stereocenters. The van der Waals surface area contributed by atoms with Crippen LogP contribution in [0.5, 0.6) is 11.6 Å². The van der Waals surface area contributed by atoms with E-state index < -0.39 is 11.7 Å². The molecule has 10 heteroatoms. The number of carbonyl (C=O) groups excluding carboxylic acids is 1. The quantitative estimate of drug-likeness (QED) is 0.270. The van der Waals surface area contributed by atoms with Crippen molar-refractivity contribution in [1.82, 2.24) is 14.9 Å². The summed E-state index contributed by atoms with van der Waals surface area (Å²) in [6, 6.07) is 17.5. The molecule has 1 aromatic heterocycles. The Morgan fingerprint density at radius 1 is 1.00 bits per heavy atom. The first-order chi connectivity index (χ1) is 19.3. The van der Waals surface area contributed by atoms with Crippen LogP contribution in [0.15, 0.2) is 66.9 Å². The molecule has 1 fully saturated rings. The van der Waals surface area contributed by atoms with E-state index in [2.05, 4.69) is 49.6 Å². The lowest BCUT2D eigenvalue weighted by molar-refractivity contribution is 0.102. The molecular weight excluding hydrogens is 531 g/mol. The molecule has 1 saturated heterocycles. The minimum absolute atomic E-state index is 0.0243. The van der Waals surface area contributed by atoms with Crippen LogP contribution >= 0.6 is 11.6 Å². The van der Waals surface area contributed by atoms with Crippen molar-refractivity contribution in [2.24, 2.45) is 0 Å². The molecule has 5 rings (SSSR count). The number of halogens is 2. The van der Waals surface area contributed by atoms with Gasteiger partial charge in [0.2, 0.25) is 11.8 Å². The predicted octanol–water partition coefficient (Wildman–Crippen LogP) is 6.43. The Labute approximate surface area is 237 Å². The number of para-hydroxylation sites is 1. The number of likely N-dealkylation sites (N-methyl/N-ethyl adjacent to an activating group) is 1. The fourth-order valence-corrected chi connectivity index (χ4v) is 4.67. The molecule has 8 nitrogen and oxygen atoms in total. The number of carbonyl (C=O) groups is 1. The summed E-state index contributed by atoms with van der Waals surface area (Å²) < 4.78 is 19.6. The van der Waals surface area contributed by atoms with Crippen molar-refractivity contribution in [2.75, 3.05) is 48.8 Å². The average Bonchev–Trinajstić information content (AvgIpc) is 2.93. The number of nitrogens with zero attached hydrogens (tertiary/aromatic N) is 4. The van der Waals surface area contributed by atoms with Crippen LogP contribution < -0.4 is 20.3 Å². The van der Waals surface area contributed by atoms with E-state index in [1.165, 1.54) is 18.3 Å². The molecule has 4 aromatic rings. The lowest BCUT2D eigenvalue weighted by Crippen LogP contribution is -2.44. The molecule has 206 valence electrons. The van der Waals surface area contributed by atoms with Crippen molar-refractivity contribution in [3.8, 4) is 11.6 Å². The second-order valence-corrected chi connectivity index (χ2v) is 10.2. The maximum absolute atomic E-state index is 13.6. The number of nitrogens with one attached hydrogen (secondary N) is 2. The molecule has 0 aliphatic carbocycles. The van der Waals surface area contributed by atoms with Gasteiger partial charge in [0.25, 0.3) is 5.91 Å². The summed E-state index contributed by atoms with van der Waals surface area (Å²) in [5.74, 6) is -0.595. The SMILES string of the molecule is Cc1cccc(C)c1NC(=O)c1cnc(Nc2ccc(N3CCN(C)CC3)cc2)nc1Oc1ccc(F)cc1Cl. The number of amides is 1. The number of hydrogen-bond acceptors (Lipinski definition) is 7. The summed E-state index contributed by atoms with van der Waals surface area (Å²) in [7, 11) is 2.13. The van der Waals surface area contributed by atoms with E-state index in [1.807, 2.05) is 44.2 Å². The van der Waals surface area contributed by atoms with Gasteiger partial charge in [0.1, 0.15) is 17.1 Å². The normalized spacial score (nSPS) is 13.7. The van der Waals surface area contributed by atoms with Gasteiger partial charge in [0.15, 0.2) is 0 Å². The molecule has 0 bridgehead atoms. The average molecular weight is 561 g/mol. The van der Waals surface area contributed by atoms with Gasteiger partial charge >= 0.3 is 0 Å². The topological polar surface area (TPSA) is 82.6 Å². The van der Waals surface area contributed by atoms with E-state index in [1.54, 1.807) is 0 Å². The fourth-order valence-electron chi connectivity index (χ4n) is 4.46. The number of aryl methyl sites for hydroxylation is 2. The van der Waals surface area contributed by atoms with Crippen molar-refractivity contribution in [2.45, 2.75) is 13.8 Å². The van der Waals surface area contributed by atoms with Gasteiger partial charge in [-0.1, -0.05) is 29.8 Å². The third-order valence-electron chi connectivity index (χ3n) is 6.81. The van der Waals surface area contributed by atoms with Gasteiger partial charge < -0.3 is 25.2 Å². The van der Waals surface area contributed by atoms with Gasteiger partial charge in [-0.05, 0) is 74.5 Å². The summed E-state index contributed by atoms with van der Waals surface area (Å²) in [6.07, 6.45) is 1.39. The molecule has 0 radical (unpaired) electrons. The van der Waals surface area contributed by atoms with E-state index in [0.717, 1.165) is 54.7 Å². The zero-order chi connectivity index (χ0) is 28.2. The molecule has 1 aliphatic rings. The van der Waals surface area contributed by atoms with Crippen LogP contribution in [0, 0.1) is 19.7 Å². The van der Waals surface area contributed by atoms with E-state index in [9.17, 15) is 9.18 Å². The highest BCUT2D eigenvalue weighted by Gasteiger charge is 2.20. The van der Waals surface area contributed by atoms with E-state index >= 15 is 0 Å². The smallest absolute Gasteiger partial charge is 0.262 e. The number of ether oxygens (including phenoxy) is 1. The Kier molecular flexibility index (Phi) is 8.14. The van der Waals surface area contributed by atoms with Crippen LogP contribution in [0.3, 0.4) is 0 Å². The van der Waals surface area contributed by atoms with Crippen LogP contribution in [-0.4, -0.2) is 54.0 Å². The van der Waals surface area contributed by atoms with Crippen molar-refractivity contribution in [3.05, 3.63) is 94.4 Å². The Morgan fingerprint density at radius 3 is 2.38 bits per heavy atom. The largest absolute Gasteiger partial charge is 0.436 e. The lowest BCUT2D eigenvalue weighted by Gasteiger charge is -2.34. The molecule has 0 spiro atoms. The molecule has 3 aromatic carbocycles. The maximum Gasteiger partial charge on any atom is 0.262 e. The number of anilines is 4. The third kappa shape index (κ3) is 6.32. The molecule has 1 amide bonds. The fraction of sp³-hybridized carbons (Fsp3) is 0.233. The minimum atomic E-state index is -0.504. The number of hydrogen-bond donors (Lipinski definition) is 2. The van der Waals surface area contributed by atoms with Crippen LogP contribution in [0.25, 0.3) is 0 Å². The van der Waals surface area contributed by atoms with Crippen LogP contribution in [0.2, 0.25) is 5.02 Å². The lowest BCUT2D eigenvalue weighted by atomic mass is 10.1. The Bertz CT molecular complexity index is 1500. The Balaban J connectivity index is 1.41. The van der Waals surface area contributed by atoms with Crippen molar-refractivity contribution in [1.29, 1.82) is 0 Å². The van der Waals surface area contributed by atoms with Crippen LogP contribution in [0.1, 0.15) is 21.5 Å². The second-order valence-electron chi connectivity index (χ2n) is 9.77. The highest BCUT2D eigenvalue weighted by molar-refractivity contribution is 6.32. The van der Waals surface area contributed by atoms with Crippen molar-refractivity contribution in [3.63, 3.8) is 0 Å². The Hall–Kier alpha value is -4.21. The summed E-state index contributed by atoms with van der Waals surface area (Å²) in [5.41, 5.74) is 4.54. The van der Waals surface area contributed by atoms with Crippen LogP contribution in [-0.2, 0) is 0 Å². The van der Waals surface area contributed by atoms with E-state index in [4.69, 9.17) is 16.3 Å². The summed E-state index contributed by atoms with van der Waals surface area (Å²) in [6.45, 7) is 7.83. The molecule has 40 heavy (non-hydrogen) atoms. The highest BCUT2D eigenvalue weighted by Crippen LogP contribution is 2.32. The second kappa shape index (κ2) is 11.9. The third-order valence-corrected chi connectivity index (χ3v) is 7.11. The number of piperazine rings is 1. The van der Waals surface area contributed by atoms with Gasteiger partial charge in [-0.2, -0.15) is 4.98 Å². The van der Waals surface area contributed by atoms with Crippen LogP contribution in [0.4, 0.5) is 27.4 Å². The molecule has 1 aliphatic heterocycles. The Morgan fingerprint density at radius 2 is 1.70 bits per heavy atom. The maximum atomic E-state index is 13.6. The summed E-state index contributed by atoms with van der Waals surface area (Å²) in [5, 5.41) is 6.16. The minimum Gasteiger partial charge on any atom is -0.436 e. The standard InChI is InChI=1S/C30H30ClFN6O2/c1-19-5-4-6-20(2)27(19)35-28(39)24-18-33-30(36-29(24)40-26-12-7-21(32)17-25(26)31)34-22-8-10-23(11-9-22)38-15-13-37(3)14-16-38/h4-12,17-18H,13-16H2,1-3H3,(H,35,39)(H,33,34,36). The number of rotatable bonds is 7. The molecule has 0 saturated carbocycles. The highest BCUT2D eigenvalue weighted by atomic mass is 35.5. The molecule has 2 heterocycles. The van der Waals surface area contributed by atoms with Crippen molar-refractivity contribution < 1.29 is 13.9 Å². The first kappa shape index (κ1) is 27.4. The summed E-state index contributed by atoms with van der Waals surface area (Å²) >= 11 is 6.21. The summed E-state index contributed by atoms with van der Waals surface area (Å²) in [4.78, 5) is 26.9. The van der Waals surface area contributed by atoms with Gasteiger partial charge in [-0.15, -0.1) is 0 Å². The number of aromatic nitrogens is 2. The zero-order valence-corrected chi connectivity index (χ0v) is 23.3. The first-order valence-corrected chi connectivity index (χ1v) is 13.3. The van der Waals surface area contributed by atoms with Gasteiger partial charge in [0.05, 0.1) is 5.02 Å². The predicted molar refractivity (Wildman–Crippen MR) is 157 cm³/mol. The number of benzene rings is 3. The van der Waals surface area contributed by atoms with E-state index in [-0.39, 0.29) is 28.2 Å². The van der Waals surface area contributed by atoms with E-state index in [0.29, 0.717) is 5.69 Å². The zero-order valence-electron chi connectivity index (χ0n) is 22.5. The molecule has 2 N–H and O–H groups in total. The van der Waals surface area contributed by atoms with Gasteiger partial charge in [-0.3, -0.25) is 4.79 Å².